The Hall–Kier alpha value is -5.17. The predicted molar refractivity (Wildman–Crippen MR) is 143 cm³/mol. The van der Waals surface area contributed by atoms with Crippen LogP contribution in [0.15, 0.2) is 119 Å². The van der Waals surface area contributed by atoms with E-state index >= 15 is 0 Å². The molecule has 1 aliphatic heterocycles. The molecule has 4 aromatic rings. The molecular weight excluding hydrogens is 466 g/mol. The number of aliphatic imine (C=N–C) groups is 1. The van der Waals surface area contributed by atoms with Crippen molar-refractivity contribution in [3.05, 3.63) is 126 Å². The maximum absolute atomic E-state index is 13.4. The summed E-state index contributed by atoms with van der Waals surface area (Å²) in [5.41, 5.74) is 2.41. The molecule has 37 heavy (non-hydrogen) atoms. The SMILES string of the molecule is COc1cc(/C=N/N2C(=O)C(=Cc3cccc(Oc4ccccc4)c3)N=C2c2ccccc2)ccc1O. The smallest absolute Gasteiger partial charge is 0.298 e. The molecule has 0 aromatic heterocycles. The molecule has 0 fully saturated rings. The standard InChI is InChI=1S/C30H23N3O4/c1-36-28-19-22(15-16-27(28)34)20-31-33-29(23-10-4-2-5-11-23)32-26(30(33)35)18-21-9-8-14-25(17-21)37-24-12-6-3-7-13-24/h2-20,34H,1H3/b26-18?,31-20+. The first-order valence-electron chi connectivity index (χ1n) is 11.5. The van der Waals surface area contributed by atoms with Crippen LogP contribution in [0.5, 0.6) is 23.0 Å². The maximum atomic E-state index is 13.4. The zero-order valence-electron chi connectivity index (χ0n) is 20.0. The molecule has 1 amide bonds. The highest BCUT2D eigenvalue weighted by Gasteiger charge is 2.31. The van der Waals surface area contributed by atoms with Gasteiger partial charge in [0.1, 0.15) is 17.2 Å². The zero-order chi connectivity index (χ0) is 25.6. The van der Waals surface area contributed by atoms with Crippen LogP contribution in [0, 0.1) is 0 Å². The minimum absolute atomic E-state index is 0.0205. The van der Waals surface area contributed by atoms with E-state index in [0.29, 0.717) is 22.9 Å². The predicted octanol–water partition coefficient (Wildman–Crippen LogP) is 5.86. The molecule has 4 aromatic carbocycles. The molecule has 7 nitrogen and oxygen atoms in total. The molecule has 0 spiro atoms. The second-order valence-corrected chi connectivity index (χ2v) is 8.11. The summed E-state index contributed by atoms with van der Waals surface area (Å²) in [7, 11) is 1.47. The Morgan fingerprint density at radius 1 is 0.838 bits per heavy atom. The van der Waals surface area contributed by atoms with Crippen molar-refractivity contribution in [1.82, 2.24) is 5.01 Å². The van der Waals surface area contributed by atoms with Crippen molar-refractivity contribution >= 4 is 24.0 Å². The van der Waals surface area contributed by atoms with Crippen LogP contribution >= 0.6 is 0 Å². The molecule has 0 atom stereocenters. The Morgan fingerprint density at radius 3 is 2.32 bits per heavy atom. The van der Waals surface area contributed by atoms with Crippen LogP contribution in [-0.2, 0) is 4.79 Å². The highest BCUT2D eigenvalue weighted by atomic mass is 16.5. The number of para-hydroxylation sites is 1. The largest absolute Gasteiger partial charge is 0.504 e. The normalized spacial score (nSPS) is 14.3. The third-order valence-corrected chi connectivity index (χ3v) is 5.54. The first-order chi connectivity index (χ1) is 18.1. The van der Waals surface area contributed by atoms with Gasteiger partial charge in [-0.3, -0.25) is 4.79 Å². The minimum atomic E-state index is -0.366. The number of nitrogens with zero attached hydrogens (tertiary/aromatic N) is 3. The number of benzene rings is 4. The maximum Gasteiger partial charge on any atom is 0.298 e. The van der Waals surface area contributed by atoms with E-state index in [4.69, 9.17) is 9.47 Å². The van der Waals surface area contributed by atoms with Crippen LogP contribution in [0.4, 0.5) is 0 Å². The van der Waals surface area contributed by atoms with Gasteiger partial charge in [-0.2, -0.15) is 10.1 Å². The van der Waals surface area contributed by atoms with E-state index in [1.807, 2.05) is 84.9 Å². The van der Waals surface area contributed by atoms with Crippen molar-refractivity contribution in [3.63, 3.8) is 0 Å². The fourth-order valence-corrected chi connectivity index (χ4v) is 3.74. The van der Waals surface area contributed by atoms with Gasteiger partial charge in [0.25, 0.3) is 5.91 Å². The topological polar surface area (TPSA) is 83.7 Å². The number of carbonyl (C=O) groups is 1. The van der Waals surface area contributed by atoms with Gasteiger partial charge in [-0.25, -0.2) is 4.99 Å². The van der Waals surface area contributed by atoms with Gasteiger partial charge < -0.3 is 14.6 Å². The number of phenols is 1. The van der Waals surface area contributed by atoms with Crippen molar-refractivity contribution in [1.29, 1.82) is 0 Å². The molecule has 1 heterocycles. The van der Waals surface area contributed by atoms with Gasteiger partial charge in [0.05, 0.1) is 13.3 Å². The van der Waals surface area contributed by atoms with E-state index in [9.17, 15) is 9.90 Å². The summed E-state index contributed by atoms with van der Waals surface area (Å²) in [6.07, 6.45) is 3.23. The van der Waals surface area contributed by atoms with Crippen molar-refractivity contribution < 1.29 is 19.4 Å². The molecule has 0 aliphatic carbocycles. The second-order valence-electron chi connectivity index (χ2n) is 8.11. The number of phenolic OH excluding ortho intramolecular Hbond substituents is 1. The van der Waals surface area contributed by atoms with E-state index in [1.165, 1.54) is 24.4 Å². The number of hydrogen-bond acceptors (Lipinski definition) is 6. The summed E-state index contributed by atoms with van der Waals surface area (Å²) >= 11 is 0. The lowest BCUT2D eigenvalue weighted by molar-refractivity contribution is -0.122. The van der Waals surface area contributed by atoms with Gasteiger partial charge in [0.15, 0.2) is 17.3 Å². The number of aromatic hydroxyl groups is 1. The number of rotatable bonds is 7. The molecule has 1 aliphatic rings. The molecule has 0 unspecified atom stereocenters. The van der Waals surface area contributed by atoms with Crippen LogP contribution in [-0.4, -0.2) is 35.2 Å². The second kappa shape index (κ2) is 10.6. The summed E-state index contributed by atoms with van der Waals surface area (Å²) in [5.74, 6) is 1.75. The van der Waals surface area contributed by atoms with E-state index in [-0.39, 0.29) is 17.4 Å². The van der Waals surface area contributed by atoms with Crippen molar-refractivity contribution in [2.75, 3.05) is 7.11 Å². The Morgan fingerprint density at radius 2 is 1.57 bits per heavy atom. The van der Waals surface area contributed by atoms with Crippen molar-refractivity contribution in [2.24, 2.45) is 10.1 Å². The molecule has 7 heteroatoms. The fourth-order valence-electron chi connectivity index (χ4n) is 3.74. The van der Waals surface area contributed by atoms with E-state index in [0.717, 1.165) is 16.9 Å². The molecule has 0 bridgehead atoms. The summed E-state index contributed by atoms with van der Waals surface area (Å²) in [6, 6.07) is 31.1. The van der Waals surface area contributed by atoms with Crippen LogP contribution in [0.3, 0.4) is 0 Å². The summed E-state index contributed by atoms with van der Waals surface area (Å²) in [6.45, 7) is 0. The van der Waals surface area contributed by atoms with E-state index in [1.54, 1.807) is 18.2 Å². The number of ether oxygens (including phenoxy) is 2. The van der Waals surface area contributed by atoms with Crippen LogP contribution < -0.4 is 9.47 Å². The highest BCUT2D eigenvalue weighted by molar-refractivity contribution is 6.19. The number of carbonyl (C=O) groups excluding carboxylic acids is 1. The third kappa shape index (κ3) is 5.41. The van der Waals surface area contributed by atoms with Gasteiger partial charge in [-0.15, -0.1) is 0 Å². The Balaban J connectivity index is 1.46. The first-order valence-corrected chi connectivity index (χ1v) is 11.5. The molecule has 5 rings (SSSR count). The summed E-state index contributed by atoms with van der Waals surface area (Å²) < 4.78 is 11.1. The lowest BCUT2D eigenvalue weighted by Gasteiger charge is -2.12. The lowest BCUT2D eigenvalue weighted by atomic mass is 10.2. The first kappa shape index (κ1) is 23.6. The van der Waals surface area contributed by atoms with Gasteiger partial charge in [0.2, 0.25) is 0 Å². The quantitative estimate of drug-likeness (QED) is 0.260. The monoisotopic (exact) mass is 489 g/mol. The van der Waals surface area contributed by atoms with Gasteiger partial charge >= 0.3 is 0 Å². The molecule has 0 saturated heterocycles. The molecule has 1 N–H and O–H groups in total. The lowest BCUT2D eigenvalue weighted by Crippen LogP contribution is -2.27. The molecule has 182 valence electrons. The highest BCUT2D eigenvalue weighted by Crippen LogP contribution is 2.27. The van der Waals surface area contributed by atoms with E-state index < -0.39 is 0 Å². The van der Waals surface area contributed by atoms with Gasteiger partial charge in [-0.1, -0.05) is 60.7 Å². The summed E-state index contributed by atoms with van der Waals surface area (Å²) in [4.78, 5) is 18.0. The number of methoxy groups -OCH3 is 1. The fraction of sp³-hybridized carbons (Fsp3) is 0.0333. The molecule has 0 saturated carbocycles. The molecule has 0 radical (unpaired) electrons. The Labute approximate surface area is 214 Å². The Bertz CT molecular complexity index is 1510. The van der Waals surface area contributed by atoms with Crippen molar-refractivity contribution in [2.45, 2.75) is 0 Å². The average molecular weight is 490 g/mol. The number of amidine groups is 1. The zero-order valence-corrected chi connectivity index (χ0v) is 20.0. The van der Waals surface area contributed by atoms with Crippen LogP contribution in [0.2, 0.25) is 0 Å². The van der Waals surface area contributed by atoms with Gasteiger partial charge in [-0.05, 0) is 59.7 Å². The minimum Gasteiger partial charge on any atom is -0.504 e. The van der Waals surface area contributed by atoms with Crippen LogP contribution in [0.25, 0.3) is 6.08 Å². The van der Waals surface area contributed by atoms with Gasteiger partial charge in [0, 0.05) is 5.56 Å². The molecular formula is C30H23N3O4. The number of amides is 1. The third-order valence-electron chi connectivity index (χ3n) is 5.54. The summed E-state index contributed by atoms with van der Waals surface area (Å²) in [5, 5.41) is 15.6. The number of hydrazone groups is 1. The van der Waals surface area contributed by atoms with E-state index in [2.05, 4.69) is 10.1 Å². The van der Waals surface area contributed by atoms with Crippen LogP contribution in [0.1, 0.15) is 16.7 Å². The van der Waals surface area contributed by atoms with Crippen molar-refractivity contribution in [3.8, 4) is 23.0 Å². The number of hydrogen-bond donors (Lipinski definition) is 1. The Kier molecular flexibility index (Phi) is 6.76. The average Bonchev–Trinajstić information content (AvgIpc) is 3.24.